The van der Waals surface area contributed by atoms with Crippen molar-refractivity contribution in [3.63, 3.8) is 0 Å². The average molecular weight is 454 g/mol. The van der Waals surface area contributed by atoms with E-state index in [-0.39, 0.29) is 82.2 Å². The van der Waals surface area contributed by atoms with Crippen LogP contribution in [0.3, 0.4) is 0 Å². The molecule has 5 nitrogen and oxygen atoms in total. The quantitative estimate of drug-likeness (QED) is 0.377. The predicted molar refractivity (Wildman–Crippen MR) is 91.1 cm³/mol. The summed E-state index contributed by atoms with van der Waals surface area (Å²) >= 11 is 1.55. The van der Waals surface area contributed by atoms with E-state index >= 15 is 0 Å². The molecule has 2 aliphatic rings. The van der Waals surface area contributed by atoms with Crippen LogP contribution in [0.5, 0.6) is 0 Å². The van der Waals surface area contributed by atoms with Gasteiger partial charge in [0.1, 0.15) is 11.4 Å². The number of hydrogen-bond acceptors (Lipinski definition) is 5. The van der Waals surface area contributed by atoms with E-state index in [1.807, 2.05) is 12.5 Å². The number of carbonyl (C=O) groups is 1. The molecule has 122 valence electrons. The standard InChI is InChI=1S/C15H22N4OS.CH3.Cs/c1-4-11(5-2)19-12-10(9-17-14(18-12)21-3)8-15(19)6-7-16-13(15)20;;/h9,11H,4-8H2,1-3H3,(H,16,20);1H3;/q;-1;+1. The minimum absolute atomic E-state index is 0. The molecule has 7 heteroatoms. The van der Waals surface area contributed by atoms with Crippen LogP contribution in [0.1, 0.15) is 38.7 Å². The molecule has 1 fully saturated rings. The van der Waals surface area contributed by atoms with Gasteiger partial charge in [0.2, 0.25) is 5.91 Å². The fraction of sp³-hybridized carbons (Fsp3) is 0.625. The van der Waals surface area contributed by atoms with E-state index in [1.54, 1.807) is 11.8 Å². The second-order valence-corrected chi connectivity index (χ2v) is 6.53. The summed E-state index contributed by atoms with van der Waals surface area (Å²) in [5, 5.41) is 3.79. The van der Waals surface area contributed by atoms with E-state index < -0.39 is 5.54 Å². The Morgan fingerprint density at radius 3 is 2.65 bits per heavy atom. The Hall–Kier alpha value is 0.752. The number of carbonyl (C=O) groups excluding carboxylic acids is 1. The molecule has 1 saturated heterocycles. The second-order valence-electron chi connectivity index (χ2n) is 5.76. The van der Waals surface area contributed by atoms with Gasteiger partial charge in [-0.3, -0.25) is 4.79 Å². The summed E-state index contributed by atoms with van der Waals surface area (Å²) in [6.07, 6.45) is 7.51. The van der Waals surface area contributed by atoms with Gasteiger partial charge in [-0.15, -0.1) is 0 Å². The van der Waals surface area contributed by atoms with Crippen molar-refractivity contribution < 1.29 is 73.7 Å². The molecule has 0 bridgehead atoms. The largest absolute Gasteiger partial charge is 1.00 e. The fourth-order valence-corrected chi connectivity index (χ4v) is 3.99. The first-order valence-corrected chi connectivity index (χ1v) is 8.86. The third-order valence-electron chi connectivity index (χ3n) is 4.73. The van der Waals surface area contributed by atoms with Crippen LogP contribution in [0, 0.1) is 7.43 Å². The third-order valence-corrected chi connectivity index (χ3v) is 5.29. The van der Waals surface area contributed by atoms with Crippen LogP contribution in [-0.2, 0) is 11.2 Å². The van der Waals surface area contributed by atoms with Gasteiger partial charge in [-0.05, 0) is 25.5 Å². The van der Waals surface area contributed by atoms with E-state index in [4.69, 9.17) is 4.98 Å². The first kappa shape index (κ1) is 21.8. The molecule has 0 radical (unpaired) electrons. The summed E-state index contributed by atoms with van der Waals surface area (Å²) in [4.78, 5) is 24.0. The SMILES string of the molecule is CCC(CC)N1c2nc(SC)ncc2CC12CCNC2=O.[CH3-].[Cs+]. The van der Waals surface area contributed by atoms with Crippen molar-refractivity contribution in [1.29, 1.82) is 0 Å². The number of amides is 1. The van der Waals surface area contributed by atoms with Gasteiger partial charge in [0.25, 0.3) is 0 Å². The Bertz CT molecular complexity index is 567. The zero-order valence-electron chi connectivity index (χ0n) is 14.8. The molecule has 1 aromatic heterocycles. The van der Waals surface area contributed by atoms with Crippen molar-refractivity contribution in [3.05, 3.63) is 19.2 Å². The number of nitrogens with one attached hydrogen (secondary N) is 1. The molecule has 3 rings (SSSR count). The summed E-state index contributed by atoms with van der Waals surface area (Å²) in [6, 6.07) is 0.347. The van der Waals surface area contributed by atoms with E-state index in [2.05, 4.69) is 29.0 Å². The minimum Gasteiger partial charge on any atom is -0.358 e. The molecule has 1 aromatic rings. The normalized spacial score (nSPS) is 21.9. The van der Waals surface area contributed by atoms with Crippen molar-refractivity contribution in [3.8, 4) is 0 Å². The number of rotatable bonds is 4. The van der Waals surface area contributed by atoms with E-state index in [9.17, 15) is 4.79 Å². The zero-order valence-corrected chi connectivity index (χ0v) is 21.9. The van der Waals surface area contributed by atoms with Gasteiger partial charge in [-0.1, -0.05) is 25.6 Å². The molecular weight excluding hydrogens is 429 g/mol. The van der Waals surface area contributed by atoms with E-state index in [0.717, 1.165) is 48.8 Å². The van der Waals surface area contributed by atoms with Crippen LogP contribution >= 0.6 is 11.8 Å². The maximum atomic E-state index is 12.6. The number of fused-ring (bicyclic) bond motifs is 1. The van der Waals surface area contributed by atoms with Gasteiger partial charge in [-0.25, -0.2) is 9.97 Å². The van der Waals surface area contributed by atoms with Gasteiger partial charge in [-0.2, -0.15) is 0 Å². The molecule has 0 aliphatic carbocycles. The summed E-state index contributed by atoms with van der Waals surface area (Å²) in [7, 11) is 0. The fourth-order valence-electron chi connectivity index (χ4n) is 3.65. The third kappa shape index (κ3) is 3.66. The molecule has 0 saturated carbocycles. The summed E-state index contributed by atoms with van der Waals surface area (Å²) < 4.78 is 0. The number of nitrogens with zero attached hydrogens (tertiary/aromatic N) is 3. The molecule has 1 atom stereocenters. The van der Waals surface area contributed by atoms with Crippen molar-refractivity contribution in [2.24, 2.45) is 0 Å². The number of hydrogen-bond donors (Lipinski definition) is 1. The summed E-state index contributed by atoms with van der Waals surface area (Å²) in [6.45, 7) is 5.12. The van der Waals surface area contributed by atoms with Gasteiger partial charge in [0, 0.05) is 30.8 Å². The molecule has 1 amide bonds. The molecular formula is C16H25CsN4OS. The molecule has 23 heavy (non-hydrogen) atoms. The van der Waals surface area contributed by atoms with Crippen molar-refractivity contribution >= 4 is 23.5 Å². The smallest absolute Gasteiger partial charge is 0.358 e. The molecule has 1 unspecified atom stereocenters. The zero-order chi connectivity index (χ0) is 15.0. The molecule has 0 aromatic carbocycles. The Balaban J connectivity index is 0.00000132. The van der Waals surface area contributed by atoms with Gasteiger partial charge in [0.15, 0.2) is 5.16 Å². The van der Waals surface area contributed by atoms with Gasteiger partial charge in [0.05, 0.1) is 0 Å². The van der Waals surface area contributed by atoms with Gasteiger partial charge >= 0.3 is 68.9 Å². The first-order valence-electron chi connectivity index (χ1n) is 7.63. The second kappa shape index (κ2) is 8.91. The average Bonchev–Trinajstić information content (AvgIpc) is 3.02. The summed E-state index contributed by atoms with van der Waals surface area (Å²) in [5.74, 6) is 1.12. The predicted octanol–water partition coefficient (Wildman–Crippen LogP) is -0.537. The Labute approximate surface area is 202 Å². The maximum absolute atomic E-state index is 12.6. The molecule has 3 heterocycles. The molecule has 2 aliphatic heterocycles. The van der Waals surface area contributed by atoms with Crippen LogP contribution in [0.2, 0.25) is 0 Å². The van der Waals surface area contributed by atoms with Crippen LogP contribution < -0.4 is 79.1 Å². The van der Waals surface area contributed by atoms with Crippen molar-refractivity contribution in [2.75, 3.05) is 17.7 Å². The monoisotopic (exact) mass is 454 g/mol. The number of anilines is 1. The van der Waals surface area contributed by atoms with Crippen molar-refractivity contribution in [1.82, 2.24) is 15.3 Å². The van der Waals surface area contributed by atoms with E-state index in [1.165, 1.54) is 0 Å². The number of aromatic nitrogens is 2. The maximum Gasteiger partial charge on any atom is 1.00 e. The van der Waals surface area contributed by atoms with Crippen LogP contribution in [-0.4, -0.2) is 40.3 Å². The molecule has 1 spiro atoms. The summed E-state index contributed by atoms with van der Waals surface area (Å²) in [5.41, 5.74) is 0.668. The van der Waals surface area contributed by atoms with E-state index in [0.29, 0.717) is 6.04 Å². The van der Waals surface area contributed by atoms with Gasteiger partial charge < -0.3 is 17.6 Å². The molecule has 1 N–H and O–H groups in total. The van der Waals surface area contributed by atoms with Crippen LogP contribution in [0.15, 0.2) is 11.4 Å². The Kier molecular flexibility index (Phi) is 8.45. The topological polar surface area (TPSA) is 58.1 Å². The van der Waals surface area contributed by atoms with Crippen LogP contribution in [0.4, 0.5) is 5.82 Å². The number of thioether (sulfide) groups is 1. The first-order chi connectivity index (χ1) is 10.2. The van der Waals surface area contributed by atoms with Crippen molar-refractivity contribution in [2.45, 2.75) is 56.3 Å². The Morgan fingerprint density at radius 1 is 1.43 bits per heavy atom. The minimum atomic E-state index is -0.440. The Morgan fingerprint density at radius 2 is 2.13 bits per heavy atom. The van der Waals surface area contributed by atoms with Crippen LogP contribution in [0.25, 0.3) is 0 Å².